The molecular formula is C23H19N5O. The van der Waals surface area contributed by atoms with Crippen LogP contribution in [-0.2, 0) is 6.42 Å². The second kappa shape index (κ2) is 8.28. The highest BCUT2D eigenvalue weighted by Gasteiger charge is 2.08. The minimum absolute atomic E-state index is 0.166. The molecule has 0 saturated heterocycles. The molecule has 0 saturated carbocycles. The lowest BCUT2D eigenvalue weighted by atomic mass is 10.1. The summed E-state index contributed by atoms with van der Waals surface area (Å²) < 4.78 is 0. The van der Waals surface area contributed by atoms with E-state index in [1.807, 2.05) is 36.5 Å². The zero-order valence-corrected chi connectivity index (χ0v) is 15.6. The van der Waals surface area contributed by atoms with Crippen molar-refractivity contribution in [2.24, 2.45) is 0 Å². The van der Waals surface area contributed by atoms with E-state index in [0.29, 0.717) is 23.4 Å². The molecule has 0 atom stereocenters. The zero-order valence-electron chi connectivity index (χ0n) is 15.6. The number of hydrogen-bond donors (Lipinski definition) is 3. The van der Waals surface area contributed by atoms with Crippen LogP contribution in [0.25, 0.3) is 10.9 Å². The SMILES string of the molecule is N#Cc1ccc(Nc2cncc(C(=O)NCCc3c[nH]c4ccccc34)c2)cc1. The fourth-order valence-corrected chi connectivity index (χ4v) is 3.18. The zero-order chi connectivity index (χ0) is 20.1. The molecule has 0 aliphatic rings. The number of fused-ring (bicyclic) bond motifs is 1. The third-order valence-electron chi connectivity index (χ3n) is 4.66. The minimum atomic E-state index is -0.166. The average molecular weight is 381 g/mol. The number of aromatic nitrogens is 2. The lowest BCUT2D eigenvalue weighted by molar-refractivity contribution is 0.0954. The molecule has 0 spiro atoms. The Balaban J connectivity index is 1.37. The van der Waals surface area contributed by atoms with Gasteiger partial charge < -0.3 is 15.6 Å². The summed E-state index contributed by atoms with van der Waals surface area (Å²) in [7, 11) is 0. The number of nitrogens with zero attached hydrogens (tertiary/aromatic N) is 2. The number of anilines is 2. The molecule has 6 nitrogen and oxygen atoms in total. The number of amides is 1. The van der Waals surface area contributed by atoms with Gasteiger partial charge in [-0.05, 0) is 48.4 Å². The third kappa shape index (κ3) is 4.25. The first-order valence-corrected chi connectivity index (χ1v) is 9.28. The first kappa shape index (κ1) is 18.3. The molecule has 4 rings (SSSR count). The van der Waals surface area contributed by atoms with Crippen molar-refractivity contribution in [2.75, 3.05) is 11.9 Å². The van der Waals surface area contributed by atoms with E-state index in [1.54, 1.807) is 30.6 Å². The molecule has 0 unspecified atom stereocenters. The van der Waals surface area contributed by atoms with Gasteiger partial charge in [0.15, 0.2) is 0 Å². The Morgan fingerprint density at radius 3 is 2.72 bits per heavy atom. The molecule has 6 heteroatoms. The van der Waals surface area contributed by atoms with Crippen molar-refractivity contribution in [3.05, 3.63) is 89.9 Å². The molecule has 0 bridgehead atoms. The van der Waals surface area contributed by atoms with Gasteiger partial charge in [-0.25, -0.2) is 0 Å². The molecule has 4 aromatic rings. The number of benzene rings is 2. The Bertz CT molecular complexity index is 1190. The molecule has 142 valence electrons. The van der Waals surface area contributed by atoms with Gasteiger partial charge in [-0.3, -0.25) is 9.78 Å². The smallest absolute Gasteiger partial charge is 0.252 e. The number of carbonyl (C=O) groups excluding carboxylic acids is 1. The van der Waals surface area contributed by atoms with Crippen LogP contribution in [0.15, 0.2) is 73.2 Å². The predicted molar refractivity (Wildman–Crippen MR) is 113 cm³/mol. The summed E-state index contributed by atoms with van der Waals surface area (Å²) in [5.41, 5.74) is 4.89. The number of carbonyl (C=O) groups is 1. The maximum atomic E-state index is 12.5. The van der Waals surface area contributed by atoms with Crippen LogP contribution in [0.5, 0.6) is 0 Å². The number of pyridine rings is 1. The number of para-hydroxylation sites is 1. The van der Waals surface area contributed by atoms with Crippen molar-refractivity contribution in [1.82, 2.24) is 15.3 Å². The molecule has 2 aromatic heterocycles. The predicted octanol–water partition coefficient (Wildman–Crippen LogP) is 4.15. The van der Waals surface area contributed by atoms with Gasteiger partial charge in [-0.15, -0.1) is 0 Å². The summed E-state index contributed by atoms with van der Waals surface area (Å²) >= 11 is 0. The van der Waals surface area contributed by atoms with Gasteiger partial charge in [0.05, 0.1) is 29.1 Å². The van der Waals surface area contributed by atoms with Gasteiger partial charge in [-0.1, -0.05) is 18.2 Å². The van der Waals surface area contributed by atoms with Gasteiger partial charge >= 0.3 is 0 Å². The van der Waals surface area contributed by atoms with Gasteiger partial charge in [0.25, 0.3) is 5.91 Å². The molecule has 2 aromatic carbocycles. The lowest BCUT2D eigenvalue weighted by Crippen LogP contribution is -2.25. The van der Waals surface area contributed by atoms with Crippen molar-refractivity contribution in [2.45, 2.75) is 6.42 Å². The van der Waals surface area contributed by atoms with Crippen LogP contribution in [0.3, 0.4) is 0 Å². The first-order valence-electron chi connectivity index (χ1n) is 9.28. The first-order chi connectivity index (χ1) is 14.2. The monoisotopic (exact) mass is 381 g/mol. The molecule has 2 heterocycles. The van der Waals surface area contributed by atoms with Crippen molar-refractivity contribution >= 4 is 28.2 Å². The molecule has 1 amide bonds. The van der Waals surface area contributed by atoms with Crippen molar-refractivity contribution in [1.29, 1.82) is 5.26 Å². The van der Waals surface area contributed by atoms with Crippen molar-refractivity contribution in [3.8, 4) is 6.07 Å². The van der Waals surface area contributed by atoms with Crippen LogP contribution in [0.4, 0.5) is 11.4 Å². The molecule has 3 N–H and O–H groups in total. The van der Waals surface area contributed by atoms with Crippen LogP contribution in [0.2, 0.25) is 0 Å². The summed E-state index contributed by atoms with van der Waals surface area (Å²) in [6.07, 6.45) is 5.93. The molecular weight excluding hydrogens is 362 g/mol. The van der Waals surface area contributed by atoms with Gasteiger partial charge in [-0.2, -0.15) is 5.26 Å². The third-order valence-corrected chi connectivity index (χ3v) is 4.66. The van der Waals surface area contributed by atoms with Crippen molar-refractivity contribution < 1.29 is 4.79 Å². The Morgan fingerprint density at radius 1 is 1.07 bits per heavy atom. The topological polar surface area (TPSA) is 93.6 Å². The summed E-state index contributed by atoms with van der Waals surface area (Å²) in [6, 6.07) is 19.1. The summed E-state index contributed by atoms with van der Waals surface area (Å²) in [5, 5.41) is 16.2. The Hall–Kier alpha value is -4.11. The fourth-order valence-electron chi connectivity index (χ4n) is 3.18. The molecule has 0 aliphatic heterocycles. The summed E-state index contributed by atoms with van der Waals surface area (Å²) in [6.45, 7) is 0.536. The minimum Gasteiger partial charge on any atom is -0.361 e. The fraction of sp³-hybridized carbons (Fsp3) is 0.0870. The average Bonchev–Trinajstić information content (AvgIpc) is 3.18. The number of hydrogen-bond acceptors (Lipinski definition) is 4. The molecule has 0 fully saturated rings. The molecule has 0 aliphatic carbocycles. The van der Waals surface area contributed by atoms with Crippen molar-refractivity contribution in [3.63, 3.8) is 0 Å². The van der Waals surface area contributed by atoms with E-state index in [4.69, 9.17) is 5.26 Å². The van der Waals surface area contributed by atoms with Crippen LogP contribution in [-0.4, -0.2) is 22.4 Å². The molecule has 29 heavy (non-hydrogen) atoms. The van der Waals surface area contributed by atoms with Crippen LogP contribution < -0.4 is 10.6 Å². The quantitative estimate of drug-likeness (QED) is 0.468. The number of nitriles is 1. The summed E-state index contributed by atoms with van der Waals surface area (Å²) in [5.74, 6) is -0.166. The maximum absolute atomic E-state index is 12.5. The van der Waals surface area contributed by atoms with Gasteiger partial charge in [0.1, 0.15) is 0 Å². The maximum Gasteiger partial charge on any atom is 0.252 e. The second-order valence-corrected chi connectivity index (χ2v) is 6.64. The van der Waals surface area contributed by atoms with E-state index in [1.165, 1.54) is 10.9 Å². The highest BCUT2D eigenvalue weighted by atomic mass is 16.1. The number of nitrogens with one attached hydrogen (secondary N) is 3. The number of aromatic amines is 1. The van der Waals surface area contributed by atoms with Crippen LogP contribution in [0.1, 0.15) is 21.5 Å². The van der Waals surface area contributed by atoms with E-state index in [0.717, 1.165) is 17.6 Å². The summed E-state index contributed by atoms with van der Waals surface area (Å²) in [4.78, 5) is 19.9. The standard InChI is InChI=1S/C23H19N5O/c24-12-16-5-7-19(8-6-16)28-20-11-18(13-25-15-20)23(29)26-10-9-17-14-27-22-4-2-1-3-21(17)22/h1-8,11,13-15,27-28H,9-10H2,(H,26,29). The second-order valence-electron chi connectivity index (χ2n) is 6.64. The van der Waals surface area contributed by atoms with Gasteiger partial charge in [0, 0.05) is 35.5 Å². The Labute approximate surface area is 168 Å². The number of rotatable bonds is 6. The van der Waals surface area contributed by atoms with E-state index >= 15 is 0 Å². The number of H-pyrrole nitrogens is 1. The Kier molecular flexibility index (Phi) is 5.21. The normalized spacial score (nSPS) is 10.4. The van der Waals surface area contributed by atoms with E-state index in [2.05, 4.69) is 32.7 Å². The molecule has 0 radical (unpaired) electrons. The highest BCUT2D eigenvalue weighted by molar-refractivity contribution is 5.95. The highest BCUT2D eigenvalue weighted by Crippen LogP contribution is 2.19. The van der Waals surface area contributed by atoms with E-state index in [-0.39, 0.29) is 5.91 Å². The van der Waals surface area contributed by atoms with Crippen LogP contribution in [0, 0.1) is 11.3 Å². The lowest BCUT2D eigenvalue weighted by Gasteiger charge is -2.09. The van der Waals surface area contributed by atoms with Gasteiger partial charge in [0.2, 0.25) is 0 Å². The Morgan fingerprint density at radius 2 is 1.90 bits per heavy atom. The largest absolute Gasteiger partial charge is 0.361 e. The van der Waals surface area contributed by atoms with E-state index in [9.17, 15) is 4.79 Å². The van der Waals surface area contributed by atoms with Crippen LogP contribution >= 0.6 is 0 Å². The van der Waals surface area contributed by atoms with E-state index < -0.39 is 0 Å².